The van der Waals surface area contributed by atoms with Gasteiger partial charge in [0, 0.05) is 31.2 Å². The van der Waals surface area contributed by atoms with Gasteiger partial charge >= 0.3 is 6.09 Å². The van der Waals surface area contributed by atoms with Crippen molar-refractivity contribution in [1.82, 2.24) is 10.2 Å². The number of ether oxygens (including phenoxy) is 3. The van der Waals surface area contributed by atoms with Crippen molar-refractivity contribution in [1.29, 1.82) is 0 Å². The Labute approximate surface area is 155 Å². The molecule has 7 nitrogen and oxygen atoms in total. The van der Waals surface area contributed by atoms with Gasteiger partial charge in [0.05, 0.1) is 20.3 Å². The second-order valence-electron chi connectivity index (χ2n) is 7.49. The lowest BCUT2D eigenvalue weighted by Crippen LogP contribution is -2.41. The van der Waals surface area contributed by atoms with Crippen LogP contribution in [0.5, 0.6) is 11.5 Å². The molecule has 2 atom stereocenters. The summed E-state index contributed by atoms with van der Waals surface area (Å²) < 4.78 is 16.2. The molecular weight excluding hydrogens is 334 g/mol. The highest BCUT2D eigenvalue weighted by atomic mass is 16.6. The van der Waals surface area contributed by atoms with Crippen LogP contribution in [0.3, 0.4) is 0 Å². The Bertz CT molecular complexity index is 615. The van der Waals surface area contributed by atoms with Gasteiger partial charge in [0.2, 0.25) is 0 Å². The van der Waals surface area contributed by atoms with Gasteiger partial charge in [0.25, 0.3) is 0 Å². The zero-order valence-corrected chi connectivity index (χ0v) is 16.4. The van der Waals surface area contributed by atoms with Crippen molar-refractivity contribution in [2.24, 2.45) is 5.73 Å². The van der Waals surface area contributed by atoms with E-state index in [4.69, 9.17) is 19.9 Å². The maximum atomic E-state index is 12.0. The monoisotopic (exact) mass is 365 g/mol. The van der Waals surface area contributed by atoms with Gasteiger partial charge in [-0.15, -0.1) is 0 Å². The number of nitrogens with one attached hydrogen (secondary N) is 1. The van der Waals surface area contributed by atoms with E-state index in [2.05, 4.69) is 10.2 Å². The number of benzene rings is 1. The summed E-state index contributed by atoms with van der Waals surface area (Å²) in [4.78, 5) is 14.3. The summed E-state index contributed by atoms with van der Waals surface area (Å²) in [5.74, 6) is 1.55. The number of amides is 1. The van der Waals surface area contributed by atoms with Crippen LogP contribution >= 0.6 is 0 Å². The lowest BCUT2D eigenvalue weighted by molar-refractivity contribution is 0.0504. The molecule has 1 aromatic carbocycles. The number of carbonyl (C=O) groups is 1. The standard InChI is InChI=1S/C19H31N3O4/c1-19(2,3)26-18(23)21-13-8-9-22(12-13)16(11-20)15-10-14(24-4)6-7-17(15)25-5/h6-7,10,13,16H,8-9,11-12,20H2,1-5H3,(H,21,23)/t13-,16-/m1/s1. The molecule has 1 fully saturated rings. The van der Waals surface area contributed by atoms with Crippen molar-refractivity contribution in [3.05, 3.63) is 23.8 Å². The van der Waals surface area contributed by atoms with Crippen LogP contribution in [0.15, 0.2) is 18.2 Å². The molecule has 146 valence electrons. The third-order valence-electron chi connectivity index (χ3n) is 4.40. The minimum Gasteiger partial charge on any atom is -0.497 e. The fourth-order valence-electron chi connectivity index (χ4n) is 3.23. The number of hydrogen-bond acceptors (Lipinski definition) is 6. The number of carbonyl (C=O) groups excluding carboxylic acids is 1. The van der Waals surface area contributed by atoms with Crippen LogP contribution in [0.2, 0.25) is 0 Å². The molecular formula is C19H31N3O4. The summed E-state index contributed by atoms with van der Waals surface area (Å²) in [6.45, 7) is 7.56. The highest BCUT2D eigenvalue weighted by Gasteiger charge is 2.31. The number of methoxy groups -OCH3 is 2. The number of rotatable bonds is 6. The Hall–Kier alpha value is -1.99. The fraction of sp³-hybridized carbons (Fsp3) is 0.632. The molecule has 0 spiro atoms. The predicted octanol–water partition coefficient (Wildman–Crippen LogP) is 2.30. The van der Waals surface area contributed by atoms with Crippen LogP contribution < -0.4 is 20.5 Å². The van der Waals surface area contributed by atoms with Crippen molar-refractivity contribution in [2.75, 3.05) is 33.9 Å². The summed E-state index contributed by atoms with van der Waals surface area (Å²) in [7, 11) is 3.29. The average Bonchev–Trinajstić information content (AvgIpc) is 3.01. The molecule has 2 rings (SSSR count). The van der Waals surface area contributed by atoms with Gasteiger partial charge in [-0.25, -0.2) is 4.79 Å². The van der Waals surface area contributed by atoms with Crippen LogP contribution in [0.25, 0.3) is 0 Å². The SMILES string of the molecule is COc1ccc(OC)c([C@@H](CN)N2CC[C@@H](NC(=O)OC(C)(C)C)C2)c1. The molecule has 0 unspecified atom stereocenters. The topological polar surface area (TPSA) is 86.1 Å². The average molecular weight is 365 g/mol. The van der Waals surface area contributed by atoms with E-state index in [0.717, 1.165) is 30.0 Å². The Balaban J connectivity index is 2.07. The van der Waals surface area contributed by atoms with Crippen molar-refractivity contribution in [2.45, 2.75) is 44.9 Å². The smallest absolute Gasteiger partial charge is 0.407 e. The minimum absolute atomic E-state index is 0.00881. The van der Waals surface area contributed by atoms with E-state index in [9.17, 15) is 4.79 Å². The predicted molar refractivity (Wildman–Crippen MR) is 101 cm³/mol. The molecule has 0 bridgehead atoms. The first kappa shape index (κ1) is 20.3. The number of hydrogen-bond donors (Lipinski definition) is 2. The molecule has 1 aliphatic rings. The first-order valence-electron chi connectivity index (χ1n) is 8.93. The Kier molecular flexibility index (Phi) is 6.72. The van der Waals surface area contributed by atoms with Crippen LogP contribution in [0, 0.1) is 0 Å². The van der Waals surface area contributed by atoms with Gasteiger partial charge in [-0.2, -0.15) is 0 Å². The molecule has 1 aliphatic heterocycles. The summed E-state index contributed by atoms with van der Waals surface area (Å²) in [5.41, 5.74) is 6.57. The van der Waals surface area contributed by atoms with E-state index in [-0.39, 0.29) is 18.2 Å². The molecule has 3 N–H and O–H groups in total. The quantitative estimate of drug-likeness (QED) is 0.804. The summed E-state index contributed by atoms with van der Waals surface area (Å²) in [6, 6.07) is 5.75. The number of likely N-dealkylation sites (tertiary alicyclic amines) is 1. The molecule has 1 aromatic rings. The lowest BCUT2D eigenvalue weighted by atomic mass is 10.0. The molecule has 1 amide bonds. The summed E-state index contributed by atoms with van der Waals surface area (Å²) in [6.07, 6.45) is 0.467. The number of nitrogens with zero attached hydrogens (tertiary/aromatic N) is 1. The van der Waals surface area contributed by atoms with Gasteiger partial charge in [0.15, 0.2) is 0 Å². The van der Waals surface area contributed by atoms with Crippen molar-refractivity contribution >= 4 is 6.09 Å². The third kappa shape index (κ3) is 5.25. The maximum absolute atomic E-state index is 12.0. The molecule has 1 saturated heterocycles. The Morgan fingerprint density at radius 3 is 2.65 bits per heavy atom. The van der Waals surface area contributed by atoms with Gasteiger partial charge in [-0.1, -0.05) is 0 Å². The molecule has 7 heteroatoms. The second-order valence-corrected chi connectivity index (χ2v) is 7.49. The lowest BCUT2D eigenvalue weighted by Gasteiger charge is -2.29. The van der Waals surface area contributed by atoms with Crippen molar-refractivity contribution < 1.29 is 19.0 Å². The molecule has 0 radical (unpaired) electrons. The molecule has 0 aliphatic carbocycles. The van der Waals surface area contributed by atoms with Gasteiger partial charge in [-0.3, -0.25) is 4.90 Å². The minimum atomic E-state index is -0.504. The fourth-order valence-corrected chi connectivity index (χ4v) is 3.23. The maximum Gasteiger partial charge on any atom is 0.407 e. The van der Waals surface area contributed by atoms with Crippen LogP contribution in [0.4, 0.5) is 4.79 Å². The normalized spacial score (nSPS) is 19.1. The Morgan fingerprint density at radius 1 is 1.35 bits per heavy atom. The second kappa shape index (κ2) is 8.60. The third-order valence-corrected chi connectivity index (χ3v) is 4.40. The van der Waals surface area contributed by atoms with Gasteiger partial charge < -0.3 is 25.3 Å². The molecule has 26 heavy (non-hydrogen) atoms. The van der Waals surface area contributed by atoms with E-state index < -0.39 is 5.60 Å². The Morgan fingerprint density at radius 2 is 2.08 bits per heavy atom. The van der Waals surface area contributed by atoms with Gasteiger partial charge in [-0.05, 0) is 45.4 Å². The van der Waals surface area contributed by atoms with E-state index in [1.807, 2.05) is 39.0 Å². The zero-order chi connectivity index (χ0) is 19.3. The van der Waals surface area contributed by atoms with Crippen LogP contribution in [-0.2, 0) is 4.74 Å². The molecule has 1 heterocycles. The molecule has 0 aromatic heterocycles. The largest absolute Gasteiger partial charge is 0.497 e. The van der Waals surface area contributed by atoms with Crippen LogP contribution in [-0.4, -0.2) is 56.5 Å². The van der Waals surface area contributed by atoms with E-state index in [1.54, 1.807) is 14.2 Å². The first-order chi connectivity index (χ1) is 12.3. The summed E-state index contributed by atoms with van der Waals surface area (Å²) >= 11 is 0. The van der Waals surface area contributed by atoms with E-state index >= 15 is 0 Å². The first-order valence-corrected chi connectivity index (χ1v) is 8.93. The number of nitrogens with two attached hydrogens (primary N) is 1. The van der Waals surface area contributed by atoms with Crippen molar-refractivity contribution in [3.63, 3.8) is 0 Å². The van der Waals surface area contributed by atoms with E-state index in [0.29, 0.717) is 13.1 Å². The summed E-state index contributed by atoms with van der Waals surface area (Å²) in [5, 5.41) is 2.95. The van der Waals surface area contributed by atoms with Gasteiger partial charge in [0.1, 0.15) is 17.1 Å². The zero-order valence-electron chi connectivity index (χ0n) is 16.4. The number of alkyl carbamates (subject to hydrolysis) is 1. The highest BCUT2D eigenvalue weighted by molar-refractivity contribution is 5.68. The van der Waals surface area contributed by atoms with Crippen LogP contribution in [0.1, 0.15) is 38.8 Å². The molecule has 0 saturated carbocycles. The highest BCUT2D eigenvalue weighted by Crippen LogP contribution is 2.34. The van der Waals surface area contributed by atoms with E-state index in [1.165, 1.54) is 0 Å². The van der Waals surface area contributed by atoms with Crippen molar-refractivity contribution in [3.8, 4) is 11.5 Å².